The zero-order valence-corrected chi connectivity index (χ0v) is 11.5. The molecule has 1 aromatic rings. The minimum atomic E-state index is -0.497. The van der Waals surface area contributed by atoms with Gasteiger partial charge in [-0.3, -0.25) is 4.98 Å². The number of ether oxygens (including phenoxy) is 1. The molecule has 2 heterocycles. The Morgan fingerprint density at radius 1 is 1.47 bits per heavy atom. The molecule has 1 fully saturated rings. The zero-order valence-electron chi connectivity index (χ0n) is 11.5. The summed E-state index contributed by atoms with van der Waals surface area (Å²) in [6.45, 7) is 5.40. The lowest BCUT2D eigenvalue weighted by Crippen LogP contribution is -2.48. The van der Waals surface area contributed by atoms with Gasteiger partial charge in [0.1, 0.15) is 0 Å². The monoisotopic (exact) mass is 266 g/mol. The van der Waals surface area contributed by atoms with Crippen LogP contribution in [0.4, 0.5) is 5.69 Å². The normalized spacial score (nSPS) is 25.4. The van der Waals surface area contributed by atoms with Crippen molar-refractivity contribution in [2.24, 2.45) is 0 Å². The van der Waals surface area contributed by atoms with Crippen molar-refractivity contribution in [2.75, 3.05) is 24.6 Å². The molecule has 19 heavy (non-hydrogen) atoms. The largest absolute Gasteiger partial charge is 0.394 e. The van der Waals surface area contributed by atoms with E-state index in [9.17, 15) is 10.2 Å². The third kappa shape index (κ3) is 3.43. The highest BCUT2D eigenvalue weighted by Gasteiger charge is 2.25. The molecule has 0 bridgehead atoms. The smallest absolute Gasteiger partial charge is 0.0984 e. The van der Waals surface area contributed by atoms with E-state index in [0.29, 0.717) is 18.7 Å². The van der Waals surface area contributed by atoms with Crippen molar-refractivity contribution in [1.29, 1.82) is 0 Å². The van der Waals surface area contributed by atoms with E-state index in [1.807, 2.05) is 26.0 Å². The van der Waals surface area contributed by atoms with Crippen LogP contribution in [0.1, 0.15) is 32.1 Å². The summed E-state index contributed by atoms with van der Waals surface area (Å²) in [6.07, 6.45) is 1.88. The average Bonchev–Trinajstić information content (AvgIpc) is 2.46. The number of aliphatic hydroxyl groups excluding tert-OH is 2. The van der Waals surface area contributed by atoms with Crippen molar-refractivity contribution < 1.29 is 14.9 Å². The summed E-state index contributed by atoms with van der Waals surface area (Å²) in [5, 5.41) is 18.9. The first-order valence-electron chi connectivity index (χ1n) is 6.79. The molecule has 2 unspecified atom stereocenters. The van der Waals surface area contributed by atoms with Gasteiger partial charge in [-0.15, -0.1) is 0 Å². The SMILES string of the molecule is CC[C@@H](O)c1ccc(N2CC(C)OC(CO)C2)cn1. The minimum absolute atomic E-state index is 0.0287. The van der Waals surface area contributed by atoms with Crippen LogP contribution in [-0.4, -0.2) is 47.1 Å². The number of pyridine rings is 1. The molecule has 1 aromatic heterocycles. The second-order valence-corrected chi connectivity index (χ2v) is 5.02. The van der Waals surface area contributed by atoms with Crippen molar-refractivity contribution in [3.05, 3.63) is 24.0 Å². The Bertz CT molecular complexity index is 396. The second-order valence-electron chi connectivity index (χ2n) is 5.02. The molecule has 0 amide bonds. The van der Waals surface area contributed by atoms with E-state index < -0.39 is 6.10 Å². The van der Waals surface area contributed by atoms with Gasteiger partial charge in [0.15, 0.2) is 0 Å². The molecule has 0 spiro atoms. The highest BCUT2D eigenvalue weighted by atomic mass is 16.5. The third-order valence-corrected chi connectivity index (χ3v) is 3.39. The molecule has 0 aromatic carbocycles. The maximum atomic E-state index is 9.72. The third-order valence-electron chi connectivity index (χ3n) is 3.39. The van der Waals surface area contributed by atoms with Crippen LogP contribution in [0.15, 0.2) is 18.3 Å². The Labute approximate surface area is 113 Å². The summed E-state index contributed by atoms with van der Waals surface area (Å²) < 4.78 is 5.61. The maximum Gasteiger partial charge on any atom is 0.0984 e. The van der Waals surface area contributed by atoms with E-state index in [-0.39, 0.29) is 18.8 Å². The van der Waals surface area contributed by atoms with Gasteiger partial charge in [-0.05, 0) is 25.5 Å². The van der Waals surface area contributed by atoms with E-state index in [1.165, 1.54) is 0 Å². The molecule has 2 N–H and O–H groups in total. The minimum Gasteiger partial charge on any atom is -0.394 e. The van der Waals surface area contributed by atoms with Crippen molar-refractivity contribution in [1.82, 2.24) is 4.98 Å². The van der Waals surface area contributed by atoms with Gasteiger partial charge in [-0.1, -0.05) is 6.92 Å². The van der Waals surface area contributed by atoms with E-state index in [1.54, 1.807) is 6.20 Å². The summed E-state index contributed by atoms with van der Waals surface area (Å²) in [7, 11) is 0. The molecular weight excluding hydrogens is 244 g/mol. The van der Waals surface area contributed by atoms with Gasteiger partial charge in [0, 0.05) is 13.1 Å². The van der Waals surface area contributed by atoms with Crippen molar-refractivity contribution in [2.45, 2.75) is 38.6 Å². The number of hydrogen-bond donors (Lipinski definition) is 2. The van der Waals surface area contributed by atoms with Crippen LogP contribution in [0, 0.1) is 0 Å². The maximum absolute atomic E-state index is 9.72. The van der Waals surface area contributed by atoms with Gasteiger partial charge in [0.05, 0.1) is 42.5 Å². The Hall–Kier alpha value is -1.17. The molecule has 1 aliphatic rings. The number of anilines is 1. The van der Waals surface area contributed by atoms with Gasteiger partial charge in [0.2, 0.25) is 0 Å². The summed E-state index contributed by atoms with van der Waals surface area (Å²) in [5.41, 5.74) is 1.70. The molecule has 2 rings (SSSR count). The Balaban J connectivity index is 2.08. The lowest BCUT2D eigenvalue weighted by atomic mass is 10.1. The van der Waals surface area contributed by atoms with Gasteiger partial charge in [-0.2, -0.15) is 0 Å². The molecule has 5 nitrogen and oxygen atoms in total. The first kappa shape index (κ1) is 14.2. The zero-order chi connectivity index (χ0) is 13.8. The molecule has 106 valence electrons. The fourth-order valence-electron chi connectivity index (χ4n) is 2.35. The predicted octanol–water partition coefficient (Wildman–Crippen LogP) is 1.11. The Morgan fingerprint density at radius 2 is 2.26 bits per heavy atom. The molecule has 3 atom stereocenters. The summed E-state index contributed by atoms with van der Waals surface area (Å²) in [4.78, 5) is 6.46. The van der Waals surface area contributed by atoms with Gasteiger partial charge >= 0.3 is 0 Å². The first-order chi connectivity index (χ1) is 9.13. The van der Waals surface area contributed by atoms with Gasteiger partial charge < -0.3 is 19.8 Å². The Morgan fingerprint density at radius 3 is 2.84 bits per heavy atom. The number of morpholine rings is 1. The summed E-state index contributed by atoms with van der Waals surface area (Å²) in [5.74, 6) is 0. The average molecular weight is 266 g/mol. The number of nitrogens with zero attached hydrogens (tertiary/aromatic N) is 2. The van der Waals surface area contributed by atoms with Crippen LogP contribution < -0.4 is 4.90 Å². The van der Waals surface area contributed by atoms with E-state index in [0.717, 1.165) is 12.2 Å². The van der Waals surface area contributed by atoms with Crippen LogP contribution >= 0.6 is 0 Å². The van der Waals surface area contributed by atoms with Crippen LogP contribution in [0.2, 0.25) is 0 Å². The number of hydrogen-bond acceptors (Lipinski definition) is 5. The number of aliphatic hydroxyl groups is 2. The lowest BCUT2D eigenvalue weighted by molar-refractivity contribution is -0.0421. The molecular formula is C14H22N2O3. The molecule has 0 saturated carbocycles. The van der Waals surface area contributed by atoms with Crippen LogP contribution in [0.25, 0.3) is 0 Å². The molecule has 1 saturated heterocycles. The number of aromatic nitrogens is 1. The lowest BCUT2D eigenvalue weighted by Gasteiger charge is -2.37. The van der Waals surface area contributed by atoms with Crippen molar-refractivity contribution in [3.8, 4) is 0 Å². The van der Waals surface area contributed by atoms with E-state index in [4.69, 9.17) is 4.74 Å². The van der Waals surface area contributed by atoms with Crippen molar-refractivity contribution >= 4 is 5.69 Å². The standard InChI is InChI=1S/C14H22N2O3/c1-3-14(18)13-5-4-11(6-15-13)16-7-10(2)19-12(8-16)9-17/h4-6,10,12,14,17-18H,3,7-9H2,1-2H3/t10?,12?,14-/m1/s1. The number of rotatable bonds is 4. The van der Waals surface area contributed by atoms with Gasteiger partial charge in [0.25, 0.3) is 0 Å². The summed E-state index contributed by atoms with van der Waals surface area (Å²) >= 11 is 0. The fraction of sp³-hybridized carbons (Fsp3) is 0.643. The molecule has 0 radical (unpaired) electrons. The molecule has 5 heteroatoms. The summed E-state index contributed by atoms with van der Waals surface area (Å²) in [6, 6.07) is 3.82. The molecule has 1 aliphatic heterocycles. The van der Waals surface area contributed by atoms with E-state index in [2.05, 4.69) is 9.88 Å². The fourth-order valence-corrected chi connectivity index (χ4v) is 2.35. The second kappa shape index (κ2) is 6.32. The first-order valence-corrected chi connectivity index (χ1v) is 6.79. The molecule has 0 aliphatic carbocycles. The highest BCUT2D eigenvalue weighted by Crippen LogP contribution is 2.21. The topological polar surface area (TPSA) is 65.8 Å². The van der Waals surface area contributed by atoms with Crippen LogP contribution in [-0.2, 0) is 4.74 Å². The van der Waals surface area contributed by atoms with Crippen molar-refractivity contribution in [3.63, 3.8) is 0 Å². The highest BCUT2D eigenvalue weighted by molar-refractivity contribution is 5.45. The Kier molecular flexibility index (Phi) is 4.74. The quantitative estimate of drug-likeness (QED) is 0.854. The predicted molar refractivity (Wildman–Crippen MR) is 73.1 cm³/mol. The van der Waals surface area contributed by atoms with Gasteiger partial charge in [-0.25, -0.2) is 0 Å². The van der Waals surface area contributed by atoms with E-state index >= 15 is 0 Å². The van der Waals surface area contributed by atoms with Crippen LogP contribution in [0.5, 0.6) is 0 Å². The van der Waals surface area contributed by atoms with Crippen LogP contribution in [0.3, 0.4) is 0 Å².